The molecule has 0 aromatic heterocycles. The number of esters is 1. The van der Waals surface area contributed by atoms with Crippen LogP contribution in [-0.2, 0) is 23.9 Å². The molecule has 8 nitrogen and oxygen atoms in total. The summed E-state index contributed by atoms with van der Waals surface area (Å²) in [4.78, 5) is 51.6. The molecule has 33 heavy (non-hydrogen) atoms. The molecule has 0 radical (unpaired) electrons. The van der Waals surface area contributed by atoms with Gasteiger partial charge >= 0.3 is 5.97 Å². The van der Waals surface area contributed by atoms with Crippen molar-refractivity contribution in [3.63, 3.8) is 0 Å². The molecule has 0 saturated carbocycles. The minimum atomic E-state index is -0.857. The van der Waals surface area contributed by atoms with Gasteiger partial charge in [0.2, 0.25) is 17.7 Å². The molecule has 8 heteroatoms. The van der Waals surface area contributed by atoms with Crippen LogP contribution in [0.15, 0.2) is 0 Å². The van der Waals surface area contributed by atoms with Crippen molar-refractivity contribution in [3.05, 3.63) is 0 Å². The number of rotatable bonds is 9. The van der Waals surface area contributed by atoms with E-state index in [9.17, 15) is 19.2 Å². The van der Waals surface area contributed by atoms with E-state index in [1.54, 1.807) is 6.92 Å². The molecule has 6 atom stereocenters. The van der Waals surface area contributed by atoms with E-state index in [1.807, 2.05) is 34.6 Å². The van der Waals surface area contributed by atoms with Gasteiger partial charge in [-0.2, -0.15) is 0 Å². The van der Waals surface area contributed by atoms with Crippen LogP contribution >= 0.6 is 0 Å². The predicted octanol–water partition coefficient (Wildman–Crippen LogP) is 3.08. The van der Waals surface area contributed by atoms with E-state index >= 15 is 0 Å². The molecule has 3 amide bonds. The average Bonchev–Trinajstić information content (AvgIpc) is 2.76. The lowest BCUT2D eigenvalue weighted by atomic mass is 9.93. The molecular weight excluding hydrogens is 422 g/mol. The number of ether oxygens (including phenoxy) is 1. The van der Waals surface area contributed by atoms with Crippen molar-refractivity contribution in [1.29, 1.82) is 0 Å². The van der Waals surface area contributed by atoms with Crippen molar-refractivity contribution in [2.24, 2.45) is 17.8 Å². The van der Waals surface area contributed by atoms with Gasteiger partial charge in [-0.25, -0.2) is 4.79 Å². The van der Waals surface area contributed by atoms with Gasteiger partial charge < -0.3 is 20.7 Å². The summed E-state index contributed by atoms with van der Waals surface area (Å²) in [7, 11) is 0. The molecule has 1 fully saturated rings. The Hall–Kier alpha value is -2.12. The Morgan fingerprint density at radius 2 is 1.52 bits per heavy atom. The Kier molecular flexibility index (Phi) is 12.4. The first-order valence-electron chi connectivity index (χ1n) is 12.6. The van der Waals surface area contributed by atoms with E-state index in [4.69, 9.17) is 4.74 Å². The molecule has 1 rings (SSSR count). The van der Waals surface area contributed by atoms with Gasteiger partial charge in [0.15, 0.2) is 0 Å². The number of hydrogen-bond acceptors (Lipinski definition) is 5. The quantitative estimate of drug-likeness (QED) is 0.356. The smallest absolute Gasteiger partial charge is 0.329 e. The maximum absolute atomic E-state index is 13.1. The van der Waals surface area contributed by atoms with Crippen LogP contribution in [0.1, 0.15) is 93.4 Å². The summed E-state index contributed by atoms with van der Waals surface area (Å²) in [5, 5.41) is 8.22. The number of amides is 3. The number of cyclic esters (lactones) is 1. The first-order valence-corrected chi connectivity index (χ1v) is 12.6. The standard InChI is InChI=1S/C25H45N3O5/c1-8-10-11-12-13-17(6)19-14-20(29)27-21(15(3)4)24(31)26-18(7)23(30)28-22(16(5)9-2)25(32)33-19/h15-19,21-22H,8-14H2,1-7H3,(H,26,31)(H,27,29)(H,28,30)/t16-,17-,18-,19-,21-,22?/m0/s1. The molecule has 1 unspecified atom stereocenters. The molecule has 0 aliphatic carbocycles. The first kappa shape index (κ1) is 28.9. The topological polar surface area (TPSA) is 114 Å². The Bertz CT molecular complexity index is 666. The highest BCUT2D eigenvalue weighted by Crippen LogP contribution is 2.22. The number of carbonyl (C=O) groups is 4. The number of hydrogen-bond donors (Lipinski definition) is 3. The molecule has 1 aliphatic rings. The van der Waals surface area contributed by atoms with Crippen LogP contribution < -0.4 is 16.0 Å². The normalized spacial score (nSPS) is 27.3. The van der Waals surface area contributed by atoms with Crippen molar-refractivity contribution >= 4 is 23.7 Å². The van der Waals surface area contributed by atoms with Gasteiger partial charge in [0.1, 0.15) is 24.2 Å². The third-order valence-corrected chi connectivity index (χ3v) is 6.58. The predicted molar refractivity (Wildman–Crippen MR) is 128 cm³/mol. The summed E-state index contributed by atoms with van der Waals surface area (Å²) in [5.74, 6) is -2.11. The van der Waals surface area contributed by atoms with E-state index < -0.39 is 42.0 Å². The van der Waals surface area contributed by atoms with Gasteiger partial charge in [0.05, 0.1) is 6.42 Å². The maximum atomic E-state index is 13.1. The molecule has 0 spiro atoms. The fourth-order valence-electron chi connectivity index (χ4n) is 3.93. The molecule has 190 valence electrons. The van der Waals surface area contributed by atoms with Gasteiger partial charge in [-0.15, -0.1) is 0 Å². The summed E-state index contributed by atoms with van der Waals surface area (Å²) in [6, 6.07) is -2.49. The second kappa shape index (κ2) is 14.2. The van der Waals surface area contributed by atoms with E-state index in [1.165, 1.54) is 0 Å². The number of carbonyl (C=O) groups excluding carboxylic acids is 4. The van der Waals surface area contributed by atoms with Crippen molar-refractivity contribution in [3.8, 4) is 0 Å². The number of unbranched alkanes of at least 4 members (excludes halogenated alkanes) is 3. The van der Waals surface area contributed by atoms with Crippen LogP contribution in [-0.4, -0.2) is 47.9 Å². The highest BCUT2D eigenvalue weighted by Gasteiger charge is 2.35. The van der Waals surface area contributed by atoms with E-state index in [2.05, 4.69) is 22.9 Å². The first-order chi connectivity index (χ1) is 15.5. The highest BCUT2D eigenvalue weighted by molar-refractivity contribution is 5.94. The Morgan fingerprint density at radius 3 is 2.09 bits per heavy atom. The number of nitrogens with one attached hydrogen (secondary N) is 3. The summed E-state index contributed by atoms with van der Waals surface area (Å²) in [5.41, 5.74) is 0. The van der Waals surface area contributed by atoms with Gasteiger partial charge in [0.25, 0.3) is 0 Å². The Balaban J connectivity index is 3.22. The van der Waals surface area contributed by atoms with Crippen molar-refractivity contribution in [2.75, 3.05) is 0 Å². The molecule has 0 aromatic rings. The largest absolute Gasteiger partial charge is 0.460 e. The second-order valence-corrected chi connectivity index (χ2v) is 9.90. The van der Waals surface area contributed by atoms with Crippen LogP contribution in [0.3, 0.4) is 0 Å². The van der Waals surface area contributed by atoms with Crippen molar-refractivity contribution in [1.82, 2.24) is 16.0 Å². The lowest BCUT2D eigenvalue weighted by Crippen LogP contribution is -2.56. The lowest BCUT2D eigenvalue weighted by molar-refractivity contribution is -0.158. The SMILES string of the molecule is CCCCCC[C@H](C)[C@@H]1CC(=O)N[C@@H](C(C)C)C(=O)N[C@@H](C)C(=O)NC([C@@H](C)CC)C(=O)O1. The van der Waals surface area contributed by atoms with Crippen LogP contribution in [0, 0.1) is 17.8 Å². The van der Waals surface area contributed by atoms with E-state index in [0.29, 0.717) is 6.42 Å². The average molecular weight is 468 g/mol. The third kappa shape index (κ3) is 9.33. The van der Waals surface area contributed by atoms with Gasteiger partial charge in [-0.1, -0.05) is 73.6 Å². The van der Waals surface area contributed by atoms with E-state index in [-0.39, 0.29) is 30.1 Å². The van der Waals surface area contributed by atoms with Crippen LogP contribution in [0.2, 0.25) is 0 Å². The molecule has 3 N–H and O–H groups in total. The van der Waals surface area contributed by atoms with Gasteiger partial charge in [-0.05, 0) is 31.1 Å². The zero-order chi connectivity index (χ0) is 25.1. The van der Waals surface area contributed by atoms with Crippen LogP contribution in [0.4, 0.5) is 0 Å². The fraction of sp³-hybridized carbons (Fsp3) is 0.840. The summed E-state index contributed by atoms with van der Waals surface area (Å²) in [6.45, 7) is 13.2. The maximum Gasteiger partial charge on any atom is 0.329 e. The van der Waals surface area contributed by atoms with Crippen LogP contribution in [0.5, 0.6) is 0 Å². The van der Waals surface area contributed by atoms with Crippen molar-refractivity contribution < 1.29 is 23.9 Å². The second-order valence-electron chi connectivity index (χ2n) is 9.90. The third-order valence-electron chi connectivity index (χ3n) is 6.58. The summed E-state index contributed by atoms with van der Waals surface area (Å²) in [6.07, 6.45) is 5.19. The highest BCUT2D eigenvalue weighted by atomic mass is 16.5. The monoisotopic (exact) mass is 467 g/mol. The fourth-order valence-corrected chi connectivity index (χ4v) is 3.93. The molecule has 1 saturated heterocycles. The molecule has 0 bridgehead atoms. The van der Waals surface area contributed by atoms with Gasteiger partial charge in [-0.3, -0.25) is 14.4 Å². The van der Waals surface area contributed by atoms with Crippen LogP contribution in [0.25, 0.3) is 0 Å². The molecule has 1 aliphatic heterocycles. The minimum Gasteiger partial charge on any atom is -0.460 e. The zero-order valence-electron chi connectivity index (χ0n) is 21.5. The Labute approximate surface area is 199 Å². The summed E-state index contributed by atoms with van der Waals surface area (Å²) < 4.78 is 5.88. The van der Waals surface area contributed by atoms with E-state index in [0.717, 1.165) is 32.1 Å². The molecule has 1 heterocycles. The molecule has 0 aromatic carbocycles. The minimum absolute atomic E-state index is 0.0199. The van der Waals surface area contributed by atoms with Gasteiger partial charge in [0, 0.05) is 0 Å². The Morgan fingerprint density at radius 1 is 0.848 bits per heavy atom. The van der Waals surface area contributed by atoms with Crippen molar-refractivity contribution in [2.45, 2.75) is 118 Å². The zero-order valence-corrected chi connectivity index (χ0v) is 21.5. The molecular formula is C25H45N3O5. The lowest BCUT2D eigenvalue weighted by Gasteiger charge is -2.29. The summed E-state index contributed by atoms with van der Waals surface area (Å²) >= 11 is 0.